The van der Waals surface area contributed by atoms with Crippen LogP contribution in [-0.4, -0.2) is 44.8 Å². The average Bonchev–Trinajstić information content (AvgIpc) is 3.16. The lowest BCUT2D eigenvalue weighted by molar-refractivity contribution is 0.0724. The lowest BCUT2D eigenvalue weighted by Gasteiger charge is -2.26. The molecule has 148 valence electrons. The maximum atomic E-state index is 12.7. The summed E-state index contributed by atoms with van der Waals surface area (Å²) >= 11 is 0. The summed E-state index contributed by atoms with van der Waals surface area (Å²) in [6, 6.07) is 16.6. The number of rotatable bonds is 4. The van der Waals surface area contributed by atoms with Crippen molar-refractivity contribution >= 4 is 17.5 Å². The van der Waals surface area contributed by atoms with E-state index in [0.717, 1.165) is 31.6 Å². The van der Waals surface area contributed by atoms with Crippen LogP contribution in [-0.2, 0) is 0 Å². The molecule has 0 saturated carbocycles. The first-order chi connectivity index (χ1) is 14.1. The third-order valence-electron chi connectivity index (χ3n) is 5.12. The summed E-state index contributed by atoms with van der Waals surface area (Å²) < 4.78 is 1.63. The van der Waals surface area contributed by atoms with Crippen LogP contribution in [0.3, 0.4) is 0 Å². The van der Waals surface area contributed by atoms with E-state index < -0.39 is 0 Å². The number of carbonyl (C=O) groups is 2. The summed E-state index contributed by atoms with van der Waals surface area (Å²) in [4.78, 5) is 27.3. The van der Waals surface area contributed by atoms with E-state index >= 15 is 0 Å². The predicted octanol–water partition coefficient (Wildman–Crippen LogP) is 3.45. The minimum absolute atomic E-state index is 0.00648. The molecule has 1 aliphatic rings. The molecule has 3 aromatic rings. The second-order valence-corrected chi connectivity index (χ2v) is 7.16. The first kappa shape index (κ1) is 18.9. The molecule has 0 bridgehead atoms. The van der Waals surface area contributed by atoms with Gasteiger partial charge in [0.15, 0.2) is 5.69 Å². The highest BCUT2D eigenvalue weighted by molar-refractivity contribution is 6.04. The monoisotopic (exact) mass is 389 g/mol. The van der Waals surface area contributed by atoms with Crippen molar-refractivity contribution in [1.29, 1.82) is 0 Å². The molecule has 2 amide bonds. The van der Waals surface area contributed by atoms with E-state index in [1.54, 1.807) is 35.9 Å². The number of anilines is 1. The summed E-state index contributed by atoms with van der Waals surface area (Å²) in [5.41, 5.74) is 2.88. The summed E-state index contributed by atoms with van der Waals surface area (Å²) in [6.45, 7) is 3.38. The summed E-state index contributed by atoms with van der Waals surface area (Å²) in [5.74, 6) is -0.348. The Morgan fingerprint density at radius 2 is 1.72 bits per heavy atom. The molecule has 0 spiro atoms. The summed E-state index contributed by atoms with van der Waals surface area (Å²) in [6.07, 6.45) is 3.25. The Balaban J connectivity index is 1.51. The number of hydrogen-bond donors (Lipinski definition) is 1. The van der Waals surface area contributed by atoms with Crippen LogP contribution in [0.1, 0.15) is 45.8 Å². The molecule has 0 atom stereocenters. The molecule has 2 heterocycles. The first-order valence-corrected chi connectivity index (χ1v) is 9.82. The molecule has 2 aromatic carbocycles. The highest BCUT2D eigenvalue weighted by Crippen LogP contribution is 2.18. The van der Waals surface area contributed by atoms with Crippen molar-refractivity contribution in [3.63, 3.8) is 0 Å². The van der Waals surface area contributed by atoms with Crippen LogP contribution in [0.15, 0.2) is 54.6 Å². The van der Waals surface area contributed by atoms with Gasteiger partial charge in [-0.15, -0.1) is 5.10 Å². The third kappa shape index (κ3) is 4.03. The van der Waals surface area contributed by atoms with Crippen LogP contribution in [0.25, 0.3) is 5.69 Å². The molecule has 0 unspecified atom stereocenters. The van der Waals surface area contributed by atoms with Gasteiger partial charge in [0.25, 0.3) is 11.8 Å². The number of aromatic nitrogens is 3. The van der Waals surface area contributed by atoms with Crippen molar-refractivity contribution in [3.05, 3.63) is 71.5 Å². The number of benzene rings is 2. The Hall–Kier alpha value is -3.48. The Kier molecular flexibility index (Phi) is 5.37. The maximum absolute atomic E-state index is 12.7. The fraction of sp³-hybridized carbons (Fsp3) is 0.273. The van der Waals surface area contributed by atoms with Crippen molar-refractivity contribution in [3.8, 4) is 5.69 Å². The SMILES string of the molecule is Cc1c(C(=O)Nc2cccc(C(=O)N3CCCCC3)c2)nnn1-c1ccccc1. The van der Waals surface area contributed by atoms with E-state index in [0.29, 0.717) is 16.9 Å². The van der Waals surface area contributed by atoms with E-state index in [-0.39, 0.29) is 17.5 Å². The number of nitrogens with zero attached hydrogens (tertiary/aromatic N) is 4. The maximum Gasteiger partial charge on any atom is 0.278 e. The van der Waals surface area contributed by atoms with E-state index in [1.165, 1.54) is 6.42 Å². The second kappa shape index (κ2) is 8.26. The molecule has 29 heavy (non-hydrogen) atoms. The fourth-order valence-electron chi connectivity index (χ4n) is 3.55. The van der Waals surface area contributed by atoms with E-state index in [9.17, 15) is 9.59 Å². The third-order valence-corrected chi connectivity index (χ3v) is 5.12. The van der Waals surface area contributed by atoms with Gasteiger partial charge < -0.3 is 10.2 Å². The zero-order valence-electron chi connectivity index (χ0n) is 16.3. The van der Waals surface area contributed by atoms with Crippen LogP contribution in [0.2, 0.25) is 0 Å². The molecule has 0 radical (unpaired) electrons. The number of nitrogens with one attached hydrogen (secondary N) is 1. The number of para-hydroxylation sites is 1. The molecular formula is C22H23N5O2. The highest BCUT2D eigenvalue weighted by Gasteiger charge is 2.20. The molecule has 1 aliphatic heterocycles. The van der Waals surface area contributed by atoms with E-state index in [4.69, 9.17) is 0 Å². The van der Waals surface area contributed by atoms with Gasteiger partial charge >= 0.3 is 0 Å². The largest absolute Gasteiger partial charge is 0.339 e. The topological polar surface area (TPSA) is 80.1 Å². The standard InChI is InChI=1S/C22H23N5O2/c1-16-20(24-25-27(16)19-11-4-2-5-12-19)21(28)23-18-10-8-9-17(15-18)22(29)26-13-6-3-7-14-26/h2,4-5,8-12,15H,3,6-7,13-14H2,1H3,(H,23,28). The minimum atomic E-state index is -0.354. The Morgan fingerprint density at radius 3 is 2.48 bits per heavy atom. The van der Waals surface area contributed by atoms with Crippen LogP contribution in [0, 0.1) is 6.92 Å². The van der Waals surface area contributed by atoms with Crippen LogP contribution in [0.4, 0.5) is 5.69 Å². The highest BCUT2D eigenvalue weighted by atomic mass is 16.2. The lowest BCUT2D eigenvalue weighted by Crippen LogP contribution is -2.35. The normalized spacial score (nSPS) is 13.9. The fourth-order valence-corrected chi connectivity index (χ4v) is 3.55. The van der Waals surface area contributed by atoms with Crippen molar-refractivity contribution in [2.45, 2.75) is 26.2 Å². The molecule has 0 aliphatic carbocycles. The number of piperidine rings is 1. The van der Waals surface area contributed by atoms with Crippen LogP contribution in [0.5, 0.6) is 0 Å². The van der Waals surface area contributed by atoms with Crippen molar-refractivity contribution < 1.29 is 9.59 Å². The molecular weight excluding hydrogens is 366 g/mol. The quantitative estimate of drug-likeness (QED) is 0.741. The molecule has 1 N–H and O–H groups in total. The van der Waals surface area contributed by atoms with Crippen LogP contribution >= 0.6 is 0 Å². The van der Waals surface area contributed by atoms with Gasteiger partial charge in [0, 0.05) is 24.3 Å². The van der Waals surface area contributed by atoms with Crippen molar-refractivity contribution in [2.75, 3.05) is 18.4 Å². The van der Waals surface area contributed by atoms with Gasteiger partial charge in [0.2, 0.25) is 0 Å². The molecule has 1 fully saturated rings. The minimum Gasteiger partial charge on any atom is -0.339 e. The summed E-state index contributed by atoms with van der Waals surface area (Å²) in [5, 5.41) is 11.0. The van der Waals surface area contributed by atoms with Crippen molar-refractivity contribution in [1.82, 2.24) is 19.9 Å². The molecule has 1 aromatic heterocycles. The Bertz CT molecular complexity index is 1020. The predicted molar refractivity (Wildman–Crippen MR) is 110 cm³/mol. The Morgan fingerprint density at radius 1 is 0.966 bits per heavy atom. The smallest absolute Gasteiger partial charge is 0.278 e. The number of carbonyl (C=O) groups excluding carboxylic acids is 2. The molecule has 4 rings (SSSR count). The number of amides is 2. The molecule has 7 heteroatoms. The van der Waals surface area contributed by atoms with E-state index in [2.05, 4.69) is 15.6 Å². The zero-order chi connectivity index (χ0) is 20.2. The summed E-state index contributed by atoms with van der Waals surface area (Å²) in [7, 11) is 0. The van der Waals surface area contributed by atoms with Crippen LogP contribution < -0.4 is 5.32 Å². The van der Waals surface area contributed by atoms with Crippen molar-refractivity contribution in [2.24, 2.45) is 0 Å². The number of likely N-dealkylation sites (tertiary alicyclic amines) is 1. The lowest BCUT2D eigenvalue weighted by atomic mass is 10.1. The van der Waals surface area contributed by atoms with Gasteiger partial charge in [0.1, 0.15) is 0 Å². The van der Waals surface area contributed by atoms with Gasteiger partial charge in [-0.2, -0.15) is 0 Å². The van der Waals surface area contributed by atoms with Gasteiger partial charge in [-0.1, -0.05) is 29.5 Å². The van der Waals surface area contributed by atoms with Gasteiger partial charge in [-0.05, 0) is 56.5 Å². The van der Waals surface area contributed by atoms with E-state index in [1.807, 2.05) is 35.2 Å². The average molecular weight is 389 g/mol. The van der Waals surface area contributed by atoms with Gasteiger partial charge in [-0.25, -0.2) is 4.68 Å². The molecule has 7 nitrogen and oxygen atoms in total. The zero-order valence-corrected chi connectivity index (χ0v) is 16.3. The second-order valence-electron chi connectivity index (χ2n) is 7.16. The number of hydrogen-bond acceptors (Lipinski definition) is 4. The van der Waals surface area contributed by atoms with Gasteiger partial charge in [0.05, 0.1) is 11.4 Å². The first-order valence-electron chi connectivity index (χ1n) is 9.82. The molecule has 1 saturated heterocycles. The van der Waals surface area contributed by atoms with Gasteiger partial charge in [-0.3, -0.25) is 9.59 Å². The Labute approximate surface area is 169 Å².